The number of benzene rings is 4. The summed E-state index contributed by atoms with van der Waals surface area (Å²) in [6.07, 6.45) is 23.1. The summed E-state index contributed by atoms with van der Waals surface area (Å²) in [5.41, 5.74) is 22.4. The third kappa shape index (κ3) is 13.3. The van der Waals surface area contributed by atoms with Gasteiger partial charge >= 0.3 is 0 Å². The summed E-state index contributed by atoms with van der Waals surface area (Å²) in [5.74, 6) is 1.50. The first-order chi connectivity index (χ1) is 24.5. The van der Waals surface area contributed by atoms with Crippen molar-refractivity contribution in [1.82, 2.24) is 0 Å². The van der Waals surface area contributed by atoms with Gasteiger partial charge in [0.15, 0.2) is 0 Å². The van der Waals surface area contributed by atoms with E-state index in [0.717, 1.165) is 24.2 Å². The van der Waals surface area contributed by atoms with Gasteiger partial charge in [0.2, 0.25) is 0 Å². The molecule has 270 valence electrons. The lowest BCUT2D eigenvalue weighted by Crippen LogP contribution is -2.09. The fourth-order valence-electron chi connectivity index (χ4n) is 7.89. The van der Waals surface area contributed by atoms with Crippen molar-refractivity contribution in [2.24, 2.45) is 5.92 Å². The Balaban J connectivity index is 1.40. The highest BCUT2D eigenvalue weighted by Gasteiger charge is 2.17. The Morgan fingerprint density at radius 2 is 0.680 bits per heavy atom. The predicted molar refractivity (Wildman–Crippen MR) is 220 cm³/mol. The molecule has 0 aliphatic heterocycles. The van der Waals surface area contributed by atoms with Crippen molar-refractivity contribution < 1.29 is 0 Å². The Kier molecular flexibility index (Phi) is 17.5. The van der Waals surface area contributed by atoms with Crippen LogP contribution in [0.5, 0.6) is 0 Å². The first kappa shape index (κ1) is 39.3. The average Bonchev–Trinajstić information content (AvgIpc) is 3.13. The highest BCUT2D eigenvalue weighted by Crippen LogP contribution is 2.33. The van der Waals surface area contributed by atoms with E-state index in [1.807, 2.05) is 0 Å². The topological polar surface area (TPSA) is 52.0 Å². The van der Waals surface area contributed by atoms with Crippen LogP contribution >= 0.6 is 0 Å². The van der Waals surface area contributed by atoms with Crippen LogP contribution in [0.25, 0.3) is 0 Å². The Hall–Kier alpha value is -3.52. The zero-order valence-electron chi connectivity index (χ0n) is 31.9. The number of anilines is 2. The maximum atomic E-state index is 6.06. The molecule has 2 unspecified atom stereocenters. The van der Waals surface area contributed by atoms with Crippen LogP contribution in [0.1, 0.15) is 169 Å². The third-order valence-electron chi connectivity index (χ3n) is 10.9. The van der Waals surface area contributed by atoms with Crippen molar-refractivity contribution >= 4 is 11.4 Å². The Morgan fingerprint density at radius 1 is 0.360 bits per heavy atom. The second-order valence-electron chi connectivity index (χ2n) is 15.1. The minimum Gasteiger partial charge on any atom is -0.399 e. The smallest absolute Gasteiger partial charge is 0.0314 e. The van der Waals surface area contributed by atoms with Crippen LogP contribution in [-0.4, -0.2) is 0 Å². The zero-order valence-corrected chi connectivity index (χ0v) is 31.9. The lowest BCUT2D eigenvalue weighted by atomic mass is 9.84. The molecular formula is C48H68N2. The molecule has 2 nitrogen and oxygen atoms in total. The standard InChI is InChI=1S/C48H68N2/c1-4-7-9-11-13-15-18-47(43-28-32-45(49)33-29-43)41-24-20-38(21-25-41)36-40(17-6-3)37-39-22-26-42(27-23-39)48(19-16-14-12-10-8-5-2)44-30-34-46(50)35-31-44/h20-35,40,47-48H,4-19,36-37,49-50H2,1-3H3. The molecule has 0 aliphatic carbocycles. The number of nitrogens with two attached hydrogens (primary N) is 2. The maximum Gasteiger partial charge on any atom is 0.0314 e. The molecule has 4 aromatic rings. The van der Waals surface area contributed by atoms with Gasteiger partial charge in [0.1, 0.15) is 0 Å². The van der Waals surface area contributed by atoms with Gasteiger partial charge in [0, 0.05) is 23.2 Å². The molecule has 0 radical (unpaired) electrons. The van der Waals surface area contributed by atoms with Crippen LogP contribution in [0.15, 0.2) is 97.1 Å². The van der Waals surface area contributed by atoms with Crippen molar-refractivity contribution in [2.75, 3.05) is 11.5 Å². The van der Waals surface area contributed by atoms with Gasteiger partial charge in [-0.05, 0) is 89.2 Å². The largest absolute Gasteiger partial charge is 0.399 e. The van der Waals surface area contributed by atoms with Crippen LogP contribution in [-0.2, 0) is 12.8 Å². The summed E-state index contributed by atoms with van der Waals surface area (Å²) in [6.45, 7) is 6.91. The molecule has 0 saturated carbocycles. The normalized spacial score (nSPS) is 13.3. The van der Waals surface area contributed by atoms with Gasteiger partial charge in [-0.2, -0.15) is 0 Å². The van der Waals surface area contributed by atoms with Gasteiger partial charge in [-0.15, -0.1) is 0 Å². The second kappa shape index (κ2) is 22.3. The molecule has 0 spiro atoms. The summed E-state index contributed by atoms with van der Waals surface area (Å²) >= 11 is 0. The van der Waals surface area contributed by atoms with Gasteiger partial charge < -0.3 is 11.5 Å². The molecule has 0 aliphatic rings. The van der Waals surface area contributed by atoms with Crippen LogP contribution in [0.3, 0.4) is 0 Å². The van der Waals surface area contributed by atoms with E-state index < -0.39 is 0 Å². The Bertz CT molecular complexity index is 1330. The van der Waals surface area contributed by atoms with E-state index in [0.29, 0.717) is 17.8 Å². The lowest BCUT2D eigenvalue weighted by Gasteiger charge is -2.21. The van der Waals surface area contributed by atoms with E-state index >= 15 is 0 Å². The summed E-state index contributed by atoms with van der Waals surface area (Å²) < 4.78 is 0. The van der Waals surface area contributed by atoms with Crippen molar-refractivity contribution in [3.8, 4) is 0 Å². The van der Waals surface area contributed by atoms with Crippen LogP contribution in [0.4, 0.5) is 11.4 Å². The van der Waals surface area contributed by atoms with Crippen molar-refractivity contribution in [1.29, 1.82) is 0 Å². The number of unbranched alkanes of at least 4 members (excludes halogenated alkanes) is 10. The van der Waals surface area contributed by atoms with Gasteiger partial charge in [-0.3, -0.25) is 0 Å². The summed E-state index contributed by atoms with van der Waals surface area (Å²) in [7, 11) is 0. The molecule has 4 rings (SSSR count). The van der Waals surface area contributed by atoms with Crippen LogP contribution in [0, 0.1) is 5.92 Å². The second-order valence-corrected chi connectivity index (χ2v) is 15.1. The van der Waals surface area contributed by atoms with Crippen molar-refractivity contribution in [2.45, 2.75) is 148 Å². The van der Waals surface area contributed by atoms with Crippen LogP contribution in [0.2, 0.25) is 0 Å². The molecule has 0 fully saturated rings. The Labute approximate surface area is 306 Å². The first-order valence-corrected chi connectivity index (χ1v) is 20.4. The third-order valence-corrected chi connectivity index (χ3v) is 10.9. The van der Waals surface area contributed by atoms with Gasteiger partial charge in [-0.1, -0.05) is 183 Å². The number of nitrogen functional groups attached to an aromatic ring is 2. The quantitative estimate of drug-likeness (QED) is 0.0575. The Morgan fingerprint density at radius 3 is 1.02 bits per heavy atom. The lowest BCUT2D eigenvalue weighted by molar-refractivity contribution is 0.474. The van der Waals surface area contributed by atoms with Crippen molar-refractivity contribution in [3.05, 3.63) is 130 Å². The maximum absolute atomic E-state index is 6.06. The minimum absolute atomic E-state index is 0.430. The van der Waals surface area contributed by atoms with E-state index in [2.05, 4.69) is 118 Å². The average molecular weight is 673 g/mol. The molecule has 0 heterocycles. The molecule has 0 amide bonds. The van der Waals surface area contributed by atoms with E-state index in [1.54, 1.807) is 0 Å². The molecule has 0 aromatic heterocycles. The van der Waals surface area contributed by atoms with Gasteiger partial charge in [-0.25, -0.2) is 0 Å². The van der Waals surface area contributed by atoms with E-state index in [-0.39, 0.29) is 0 Å². The fraction of sp³-hybridized carbons (Fsp3) is 0.500. The summed E-state index contributed by atoms with van der Waals surface area (Å²) in [4.78, 5) is 0. The minimum atomic E-state index is 0.430. The molecule has 2 atom stereocenters. The molecule has 4 N–H and O–H groups in total. The fourth-order valence-corrected chi connectivity index (χ4v) is 7.89. The summed E-state index contributed by atoms with van der Waals surface area (Å²) in [6, 6.07) is 36.5. The van der Waals surface area contributed by atoms with Crippen molar-refractivity contribution in [3.63, 3.8) is 0 Å². The zero-order chi connectivity index (χ0) is 35.4. The molecule has 0 bridgehead atoms. The molecule has 4 aromatic carbocycles. The first-order valence-electron chi connectivity index (χ1n) is 20.4. The van der Waals surface area contributed by atoms with Gasteiger partial charge in [0.25, 0.3) is 0 Å². The molecule has 2 heteroatoms. The van der Waals surface area contributed by atoms with E-state index in [9.17, 15) is 0 Å². The molecule has 50 heavy (non-hydrogen) atoms. The molecular weight excluding hydrogens is 605 g/mol. The monoisotopic (exact) mass is 673 g/mol. The predicted octanol–water partition coefficient (Wildman–Crippen LogP) is 13.8. The highest BCUT2D eigenvalue weighted by atomic mass is 14.5. The van der Waals surface area contributed by atoms with Gasteiger partial charge in [0.05, 0.1) is 0 Å². The molecule has 0 saturated heterocycles. The van der Waals surface area contributed by atoms with E-state index in [4.69, 9.17) is 11.5 Å². The number of hydrogen-bond acceptors (Lipinski definition) is 2. The van der Waals surface area contributed by atoms with Crippen LogP contribution < -0.4 is 11.5 Å². The SMILES string of the molecule is CCCCCCCCC(c1ccc(N)cc1)c1ccc(CC(CCC)Cc2ccc(C(CCCCCCCC)c3ccc(N)cc3)cc2)cc1. The van der Waals surface area contributed by atoms with E-state index in [1.165, 1.54) is 136 Å². The number of hydrogen-bond donors (Lipinski definition) is 2. The number of rotatable bonds is 24. The summed E-state index contributed by atoms with van der Waals surface area (Å²) in [5, 5.41) is 0. The highest BCUT2D eigenvalue weighted by molar-refractivity contribution is 5.44.